The highest BCUT2D eigenvalue weighted by Crippen LogP contribution is 1.89. The maximum atomic E-state index is 10.2. The Balaban J connectivity index is 3.87. The normalized spacial score (nSPS) is 10.3. The predicted octanol–water partition coefficient (Wildman–Crippen LogP) is -1.62. The Morgan fingerprint density at radius 1 is 1.15 bits per heavy atom. The van der Waals surface area contributed by atoms with Gasteiger partial charge in [0.1, 0.15) is 13.1 Å². The maximum Gasteiger partial charge on any atom is 0.320 e. The Kier molecular flexibility index (Phi) is 5.77. The molecule has 0 aliphatic rings. The first kappa shape index (κ1) is 11.8. The minimum absolute atomic E-state index is 0.124. The Morgan fingerprint density at radius 3 is 1.92 bits per heavy atom. The molecule has 0 aliphatic heterocycles. The minimum atomic E-state index is -1.20. The van der Waals surface area contributed by atoms with Gasteiger partial charge in [-0.1, -0.05) is 0 Å². The molecule has 0 heterocycles. The largest absolute Gasteiger partial charge is 0.480 e. The first-order valence-corrected chi connectivity index (χ1v) is 3.48. The highest BCUT2D eigenvalue weighted by molar-refractivity contribution is 5.72. The number of nitrogens with zero attached hydrogens (tertiary/aromatic N) is 1. The van der Waals surface area contributed by atoms with Crippen LogP contribution in [0.15, 0.2) is 0 Å². The fourth-order valence-corrected chi connectivity index (χ4v) is 0.619. The molecule has 0 aromatic rings. The van der Waals surface area contributed by atoms with Crippen LogP contribution in [0.2, 0.25) is 0 Å². The van der Waals surface area contributed by atoms with Crippen LogP contribution >= 0.6 is 0 Å². The van der Waals surface area contributed by atoms with Crippen LogP contribution in [-0.4, -0.2) is 58.6 Å². The van der Waals surface area contributed by atoms with Crippen molar-refractivity contribution in [3.63, 3.8) is 0 Å². The third-order valence-electron chi connectivity index (χ3n) is 0.988. The molecule has 0 aromatic carbocycles. The lowest BCUT2D eigenvalue weighted by molar-refractivity contribution is -0.187. The van der Waals surface area contributed by atoms with E-state index >= 15 is 0 Å². The number of hydroxylamine groups is 2. The average Bonchev–Trinajstić information content (AvgIpc) is 1.98. The van der Waals surface area contributed by atoms with Gasteiger partial charge in [0.25, 0.3) is 0 Å². The van der Waals surface area contributed by atoms with Gasteiger partial charge >= 0.3 is 11.9 Å². The summed E-state index contributed by atoms with van der Waals surface area (Å²) in [5, 5.41) is 25.7. The SMILES string of the molecule is O=C(O)CN(CC(=O)O)OCCO. The van der Waals surface area contributed by atoms with Gasteiger partial charge in [0, 0.05) is 0 Å². The van der Waals surface area contributed by atoms with E-state index in [0.29, 0.717) is 0 Å². The molecule has 0 rings (SSSR count). The molecule has 0 radical (unpaired) electrons. The molecular weight excluding hydrogens is 182 g/mol. The summed E-state index contributed by atoms with van der Waals surface area (Å²) in [6, 6.07) is 0. The summed E-state index contributed by atoms with van der Waals surface area (Å²) in [6.45, 7) is -1.49. The van der Waals surface area contributed by atoms with E-state index in [0.717, 1.165) is 5.06 Å². The molecular formula is C6H11NO6. The lowest BCUT2D eigenvalue weighted by Crippen LogP contribution is -2.35. The topological polar surface area (TPSA) is 107 Å². The molecule has 0 spiro atoms. The van der Waals surface area contributed by atoms with Crippen LogP contribution in [0.3, 0.4) is 0 Å². The molecule has 0 saturated heterocycles. The van der Waals surface area contributed by atoms with Crippen LogP contribution in [-0.2, 0) is 14.4 Å². The van der Waals surface area contributed by atoms with Crippen LogP contribution in [0.4, 0.5) is 0 Å². The number of hydrogen-bond donors (Lipinski definition) is 3. The van der Waals surface area contributed by atoms with Crippen molar-refractivity contribution in [3.8, 4) is 0 Å². The summed E-state index contributed by atoms with van der Waals surface area (Å²) >= 11 is 0. The summed E-state index contributed by atoms with van der Waals surface area (Å²) in [6.07, 6.45) is 0. The van der Waals surface area contributed by atoms with Crippen LogP contribution in [0.25, 0.3) is 0 Å². The Hall–Kier alpha value is -1.18. The summed E-state index contributed by atoms with van der Waals surface area (Å²) in [7, 11) is 0. The van der Waals surface area contributed by atoms with Crippen molar-refractivity contribution in [2.45, 2.75) is 0 Å². The minimum Gasteiger partial charge on any atom is -0.480 e. The first-order valence-electron chi connectivity index (χ1n) is 3.48. The summed E-state index contributed by atoms with van der Waals surface area (Å²) in [4.78, 5) is 25.0. The van der Waals surface area contributed by atoms with E-state index < -0.39 is 25.0 Å². The highest BCUT2D eigenvalue weighted by Gasteiger charge is 2.13. The number of carbonyl (C=O) groups is 2. The van der Waals surface area contributed by atoms with Gasteiger partial charge in [-0.25, -0.2) is 0 Å². The van der Waals surface area contributed by atoms with Gasteiger partial charge < -0.3 is 15.3 Å². The third-order valence-corrected chi connectivity index (χ3v) is 0.988. The van der Waals surface area contributed by atoms with E-state index in [4.69, 9.17) is 15.3 Å². The number of carboxylic acids is 2. The number of rotatable bonds is 7. The van der Waals surface area contributed by atoms with Gasteiger partial charge in [0.15, 0.2) is 0 Å². The van der Waals surface area contributed by atoms with E-state index in [-0.39, 0.29) is 13.2 Å². The van der Waals surface area contributed by atoms with Gasteiger partial charge in [0.05, 0.1) is 13.2 Å². The van der Waals surface area contributed by atoms with Crippen LogP contribution in [0, 0.1) is 0 Å². The molecule has 13 heavy (non-hydrogen) atoms. The third kappa shape index (κ3) is 7.19. The predicted molar refractivity (Wildman–Crippen MR) is 39.9 cm³/mol. The summed E-state index contributed by atoms with van der Waals surface area (Å²) in [5.74, 6) is -2.39. The van der Waals surface area contributed by atoms with Crippen LogP contribution < -0.4 is 0 Å². The summed E-state index contributed by atoms with van der Waals surface area (Å²) < 4.78 is 0. The second kappa shape index (κ2) is 6.35. The van der Waals surface area contributed by atoms with Crippen molar-refractivity contribution in [2.75, 3.05) is 26.3 Å². The molecule has 3 N–H and O–H groups in total. The van der Waals surface area contributed by atoms with E-state index in [1.165, 1.54) is 0 Å². The van der Waals surface area contributed by atoms with Crippen molar-refractivity contribution < 1.29 is 29.7 Å². The zero-order chi connectivity index (χ0) is 10.3. The molecule has 0 fully saturated rings. The molecule has 76 valence electrons. The first-order chi connectivity index (χ1) is 6.06. The number of hydrogen-bond acceptors (Lipinski definition) is 5. The number of carboxylic acid groups (broad SMARTS) is 2. The van der Waals surface area contributed by atoms with Gasteiger partial charge in [-0.3, -0.25) is 14.4 Å². The molecule has 0 atom stereocenters. The van der Waals surface area contributed by atoms with E-state index in [2.05, 4.69) is 4.84 Å². The van der Waals surface area contributed by atoms with Gasteiger partial charge in [0.2, 0.25) is 0 Å². The van der Waals surface area contributed by atoms with E-state index in [1.54, 1.807) is 0 Å². The van der Waals surface area contributed by atoms with Gasteiger partial charge in [-0.15, -0.1) is 0 Å². The van der Waals surface area contributed by atoms with E-state index in [1.807, 2.05) is 0 Å². The second-order valence-corrected chi connectivity index (χ2v) is 2.14. The zero-order valence-electron chi connectivity index (χ0n) is 6.84. The zero-order valence-corrected chi connectivity index (χ0v) is 6.84. The quantitative estimate of drug-likeness (QED) is 0.417. The molecule has 0 aliphatic carbocycles. The number of aliphatic carboxylic acids is 2. The Morgan fingerprint density at radius 2 is 1.62 bits per heavy atom. The number of aliphatic hydroxyl groups is 1. The molecule has 0 saturated carbocycles. The maximum absolute atomic E-state index is 10.2. The molecule has 0 amide bonds. The van der Waals surface area contributed by atoms with Crippen molar-refractivity contribution in [3.05, 3.63) is 0 Å². The number of aliphatic hydroxyl groups excluding tert-OH is 1. The second-order valence-electron chi connectivity index (χ2n) is 2.14. The molecule has 0 unspecified atom stereocenters. The smallest absolute Gasteiger partial charge is 0.320 e. The van der Waals surface area contributed by atoms with Gasteiger partial charge in [-0.2, -0.15) is 5.06 Å². The lowest BCUT2D eigenvalue weighted by atomic mass is 10.5. The van der Waals surface area contributed by atoms with Crippen molar-refractivity contribution in [1.82, 2.24) is 5.06 Å². The monoisotopic (exact) mass is 193 g/mol. The fraction of sp³-hybridized carbons (Fsp3) is 0.667. The molecule has 7 heteroatoms. The Bertz CT molecular complexity index is 166. The summed E-state index contributed by atoms with van der Waals surface area (Å²) in [5.41, 5.74) is 0. The lowest BCUT2D eigenvalue weighted by Gasteiger charge is -2.16. The standard InChI is InChI=1S/C6H11NO6/c8-1-2-13-7(3-5(9)10)4-6(11)12/h8H,1-4H2,(H,9,10)(H,11,12). The van der Waals surface area contributed by atoms with Gasteiger partial charge in [-0.05, 0) is 0 Å². The molecule has 0 aromatic heterocycles. The Labute approximate surface area is 74.1 Å². The highest BCUT2D eigenvalue weighted by atomic mass is 16.7. The van der Waals surface area contributed by atoms with E-state index in [9.17, 15) is 9.59 Å². The molecule has 7 nitrogen and oxygen atoms in total. The van der Waals surface area contributed by atoms with Crippen LogP contribution in [0.5, 0.6) is 0 Å². The average molecular weight is 193 g/mol. The van der Waals surface area contributed by atoms with Crippen molar-refractivity contribution in [2.24, 2.45) is 0 Å². The fourth-order valence-electron chi connectivity index (χ4n) is 0.619. The van der Waals surface area contributed by atoms with Crippen LogP contribution in [0.1, 0.15) is 0 Å². The molecule has 0 bridgehead atoms. The van der Waals surface area contributed by atoms with Crippen molar-refractivity contribution >= 4 is 11.9 Å². The van der Waals surface area contributed by atoms with Crippen molar-refractivity contribution in [1.29, 1.82) is 0 Å².